The van der Waals surface area contributed by atoms with Gasteiger partial charge in [-0.15, -0.1) is 29.3 Å². The van der Waals surface area contributed by atoms with Crippen molar-refractivity contribution in [3.8, 4) is 67.5 Å². The molecule has 4 nitrogen and oxygen atoms in total. The first-order valence-electron chi connectivity index (χ1n) is 26.6. The third-order valence-corrected chi connectivity index (χ3v) is 13.4. The van der Waals surface area contributed by atoms with Crippen molar-refractivity contribution in [1.29, 1.82) is 0 Å². The molecule has 2 heterocycles. The van der Waals surface area contributed by atoms with Crippen LogP contribution >= 0.6 is 0 Å². The number of nitrogens with zero attached hydrogens (tertiary/aromatic N) is 3. The van der Waals surface area contributed by atoms with E-state index in [9.17, 15) is 10.6 Å². The van der Waals surface area contributed by atoms with Crippen molar-refractivity contribution in [2.75, 3.05) is 0 Å². The molecule has 6 aromatic carbocycles. The molecule has 1 N–H and O–H groups in total. The van der Waals surface area contributed by atoms with Gasteiger partial charge in [0, 0.05) is 45.4 Å². The van der Waals surface area contributed by atoms with Crippen molar-refractivity contribution in [2.45, 2.75) is 145 Å². The number of phenols is 1. The molecule has 360 valence electrons. The van der Waals surface area contributed by atoms with E-state index in [1.54, 1.807) is 6.07 Å². The summed E-state index contributed by atoms with van der Waals surface area (Å²) in [4.78, 5) is 10.4. The molecule has 0 atom stereocenters. The van der Waals surface area contributed by atoms with Gasteiger partial charge < -0.3 is 5.11 Å². The van der Waals surface area contributed by atoms with E-state index in [2.05, 4.69) is 125 Å². The molecule has 0 fully saturated rings. The summed E-state index contributed by atoms with van der Waals surface area (Å²) < 4.78 is 47.3. The van der Waals surface area contributed by atoms with Crippen LogP contribution in [0.25, 0.3) is 72.7 Å². The second-order valence-electron chi connectivity index (χ2n) is 22.5. The molecule has 2 aromatic heterocycles. The molecule has 69 heavy (non-hydrogen) atoms. The minimum atomic E-state index is -2.59. The maximum Gasteiger partial charge on any atom is 0.148 e. The van der Waals surface area contributed by atoms with Crippen LogP contribution in [0, 0.1) is 12.9 Å². The maximum absolute atomic E-state index is 12.6. The number of rotatable bonds is 9. The Bertz CT molecular complexity index is 3390. The van der Waals surface area contributed by atoms with Gasteiger partial charge >= 0.3 is 0 Å². The molecule has 0 unspecified atom stereocenters. The fraction of sp³-hybridized carbons (Fsp3) is 0.344. The van der Waals surface area contributed by atoms with Gasteiger partial charge in [0.2, 0.25) is 0 Å². The van der Waals surface area contributed by atoms with Crippen LogP contribution in [0.4, 0.5) is 0 Å². The molecule has 0 spiro atoms. The first-order chi connectivity index (χ1) is 33.7. The zero-order valence-corrected chi connectivity index (χ0v) is 45.5. The summed E-state index contributed by atoms with van der Waals surface area (Å²) in [5.41, 5.74) is 13.7. The minimum absolute atomic E-state index is 0. The molecule has 0 amide bonds. The van der Waals surface area contributed by atoms with E-state index < -0.39 is 24.1 Å². The van der Waals surface area contributed by atoms with Gasteiger partial charge in [0.15, 0.2) is 0 Å². The van der Waals surface area contributed by atoms with Crippen molar-refractivity contribution in [3.05, 3.63) is 166 Å². The zero-order valence-electron chi connectivity index (χ0n) is 48.2. The number of aromatic nitrogens is 3. The van der Waals surface area contributed by atoms with Crippen molar-refractivity contribution < 1.29 is 33.0 Å². The smallest absolute Gasteiger partial charge is 0.148 e. The Morgan fingerprint density at radius 2 is 1.26 bits per heavy atom. The van der Waals surface area contributed by atoms with Gasteiger partial charge in [-0.05, 0) is 121 Å². The van der Waals surface area contributed by atoms with Crippen LogP contribution in [0.2, 0.25) is 0 Å². The Morgan fingerprint density at radius 1 is 0.623 bits per heavy atom. The summed E-state index contributed by atoms with van der Waals surface area (Å²) in [6.07, 6.45) is 1.83. The normalized spacial score (nSPS) is 13.9. The van der Waals surface area contributed by atoms with E-state index in [0.717, 1.165) is 78.0 Å². The van der Waals surface area contributed by atoms with Crippen LogP contribution in [0.5, 0.6) is 5.75 Å². The molecule has 0 aliphatic rings. The van der Waals surface area contributed by atoms with E-state index in [1.165, 1.54) is 0 Å². The molecule has 0 bridgehead atoms. The third-order valence-electron chi connectivity index (χ3n) is 13.4. The number of benzene rings is 6. The molecule has 8 aromatic rings. The summed E-state index contributed by atoms with van der Waals surface area (Å²) in [5, 5.41) is 12.6. The number of pyridine rings is 1. The second-order valence-corrected chi connectivity index (χ2v) is 22.5. The summed E-state index contributed by atoms with van der Waals surface area (Å²) in [6, 6.07) is 42.1. The standard InChI is InChI=1S/C64H72N3O.Pt/c1-38(2)42-23-25-43(26-24-42)44-29-30-65-55(35-44)47-32-46(33-48(34-47)62(8,9)10)52-21-18-22-57-59(52)66-61(53-36-49(63(11,12)13)37-54(60(53)68)64(14,15)16)67(57)56-28-27-45(31-41(56)7)58-50(39(3)4)19-17-20-51(58)40(5)6;/h17-31,33-40,68H,1-16H3;/q-1;/i7D3,38D,39D;. The number of fused-ring (bicyclic) bond motifs is 1. The quantitative estimate of drug-likeness (QED) is 0.147. The molecule has 0 saturated heterocycles. The summed E-state index contributed by atoms with van der Waals surface area (Å²) >= 11 is 0. The van der Waals surface area contributed by atoms with Crippen molar-refractivity contribution in [2.24, 2.45) is 0 Å². The molecular weight excluding hydrogens is 1020 g/mol. The van der Waals surface area contributed by atoms with Gasteiger partial charge in [-0.1, -0.05) is 188 Å². The topological polar surface area (TPSA) is 50.9 Å². The Labute approximate surface area is 435 Å². The first kappa shape index (κ1) is 44.6. The largest absolute Gasteiger partial charge is 0.507 e. The number of hydrogen-bond acceptors (Lipinski definition) is 3. The SMILES string of the molecule is [2H]C([2H])([2H])c1cc(-c2c(C(C)C)cccc2C([2H])(C)C)ccc1-n1c(-c2cc(C(C)(C)C)cc(C(C)(C)C)c2O)nc2c(-c3[c-]c(-c4cc(-c5ccc(C([2H])(C)C)cc5)ccn4)cc(C(C)(C)C)c3)cccc21.[Pt]. The molecule has 5 heteroatoms. The van der Waals surface area contributed by atoms with Crippen LogP contribution in [-0.2, 0) is 37.3 Å². The summed E-state index contributed by atoms with van der Waals surface area (Å²) in [5.74, 6) is -1.06. The predicted octanol–water partition coefficient (Wildman–Crippen LogP) is 17.8. The predicted molar refractivity (Wildman–Crippen MR) is 290 cm³/mol. The van der Waals surface area contributed by atoms with Crippen LogP contribution in [-0.4, -0.2) is 19.6 Å². The number of imidazole rings is 1. The number of aryl methyl sites for hydroxylation is 1. The monoisotopic (exact) mass is 1100 g/mol. The van der Waals surface area contributed by atoms with E-state index in [4.69, 9.17) is 11.3 Å². The van der Waals surface area contributed by atoms with Crippen LogP contribution in [0.1, 0.15) is 167 Å². The van der Waals surface area contributed by atoms with E-state index in [1.807, 2.05) is 105 Å². The van der Waals surface area contributed by atoms with Gasteiger partial charge in [0.05, 0.1) is 22.3 Å². The number of hydrogen-bond donors (Lipinski definition) is 1. The van der Waals surface area contributed by atoms with Crippen molar-refractivity contribution in [3.63, 3.8) is 0 Å². The number of para-hydroxylation sites is 1. The maximum atomic E-state index is 12.6. The van der Waals surface area contributed by atoms with Gasteiger partial charge in [-0.3, -0.25) is 9.55 Å². The van der Waals surface area contributed by atoms with Crippen molar-refractivity contribution in [1.82, 2.24) is 14.5 Å². The fourth-order valence-electron chi connectivity index (χ4n) is 9.27. The van der Waals surface area contributed by atoms with Crippen LogP contribution in [0.15, 0.2) is 121 Å². The Balaban J connectivity index is 0.00000800. The summed E-state index contributed by atoms with van der Waals surface area (Å²) in [7, 11) is 0. The second kappa shape index (κ2) is 19.3. The zero-order chi connectivity index (χ0) is 53.5. The molecule has 0 radical (unpaired) electrons. The van der Waals surface area contributed by atoms with Gasteiger partial charge in [-0.2, -0.15) is 0 Å². The van der Waals surface area contributed by atoms with Crippen molar-refractivity contribution >= 4 is 11.0 Å². The average Bonchev–Trinajstić information content (AvgIpc) is 3.68. The molecule has 8 rings (SSSR count). The average molecular weight is 1100 g/mol. The van der Waals surface area contributed by atoms with E-state index in [-0.39, 0.29) is 49.1 Å². The van der Waals surface area contributed by atoms with E-state index in [0.29, 0.717) is 28.1 Å². The van der Waals surface area contributed by atoms with E-state index >= 15 is 0 Å². The molecular formula is C64H72N3OPt-. The molecule has 0 aliphatic heterocycles. The number of phenolic OH excluding ortho intramolecular Hbond substituents is 1. The molecule has 0 aliphatic carbocycles. The van der Waals surface area contributed by atoms with Crippen LogP contribution < -0.4 is 0 Å². The Hall–Kier alpha value is -5.57. The Morgan fingerprint density at radius 3 is 1.88 bits per heavy atom. The minimum Gasteiger partial charge on any atom is -0.507 e. The van der Waals surface area contributed by atoms with Gasteiger partial charge in [0.1, 0.15) is 11.6 Å². The summed E-state index contributed by atoms with van der Waals surface area (Å²) in [6.45, 7) is 28.5. The number of aromatic hydroxyl groups is 1. The third kappa shape index (κ3) is 10.2. The van der Waals surface area contributed by atoms with Gasteiger partial charge in [0.25, 0.3) is 0 Å². The first-order valence-corrected chi connectivity index (χ1v) is 24.1. The Kier molecular flexibility index (Phi) is 12.5. The van der Waals surface area contributed by atoms with Gasteiger partial charge in [-0.25, -0.2) is 4.98 Å². The van der Waals surface area contributed by atoms with Crippen LogP contribution in [0.3, 0.4) is 0 Å². The fourth-order valence-corrected chi connectivity index (χ4v) is 9.27. The molecule has 0 saturated carbocycles.